The molecule has 2 saturated carbocycles. The molecule has 4 heterocycles. The zero-order chi connectivity index (χ0) is 27.5. The minimum absolute atomic E-state index is 0.0238. The molecule has 6 aliphatic rings. The van der Waals surface area contributed by atoms with Gasteiger partial charge in [0.2, 0.25) is 11.8 Å². The van der Waals surface area contributed by atoms with Gasteiger partial charge in [-0.15, -0.1) is 0 Å². The van der Waals surface area contributed by atoms with Crippen LogP contribution in [0.1, 0.15) is 44.9 Å². The van der Waals surface area contributed by atoms with Gasteiger partial charge < -0.3 is 14.5 Å². The van der Waals surface area contributed by atoms with Gasteiger partial charge in [0.15, 0.2) is 0 Å². The average molecular weight is 557 g/mol. The van der Waals surface area contributed by atoms with Gasteiger partial charge >= 0.3 is 6.18 Å². The summed E-state index contributed by atoms with van der Waals surface area (Å²) in [5, 5.41) is 0. The van der Waals surface area contributed by atoms with Crippen molar-refractivity contribution < 1.29 is 27.5 Å². The number of hydrazine groups is 1. The number of ether oxygens (including phenoxy) is 1. The third kappa shape index (κ3) is 5.09. The van der Waals surface area contributed by atoms with E-state index in [-0.39, 0.29) is 48.9 Å². The minimum Gasteiger partial charge on any atom is -0.380 e. The molecule has 0 aromatic carbocycles. The molecule has 2 N–H and O–H groups in total. The molecule has 0 spiro atoms. The van der Waals surface area contributed by atoms with Crippen molar-refractivity contribution in [3.8, 4) is 0 Å². The second kappa shape index (κ2) is 10.4. The number of nitrogens with zero attached hydrogens (tertiary/aromatic N) is 4. The third-order valence-corrected chi connectivity index (χ3v) is 10.9. The van der Waals surface area contributed by atoms with E-state index in [1.165, 1.54) is 0 Å². The number of carbonyl (C=O) groups is 2. The summed E-state index contributed by atoms with van der Waals surface area (Å²) < 4.78 is 48.9. The molecule has 12 heteroatoms. The molecule has 2 amide bonds. The van der Waals surface area contributed by atoms with E-state index in [1.807, 2.05) is 16.8 Å². The second-order valence-corrected chi connectivity index (χ2v) is 13.2. The Morgan fingerprint density at radius 3 is 2.46 bits per heavy atom. The highest BCUT2D eigenvalue weighted by atomic mass is 19.4. The van der Waals surface area contributed by atoms with Crippen molar-refractivity contribution in [1.29, 1.82) is 0 Å². The largest absolute Gasteiger partial charge is 0.392 e. The summed E-state index contributed by atoms with van der Waals surface area (Å²) in [5.74, 6) is -2.80. The van der Waals surface area contributed by atoms with E-state index in [0.29, 0.717) is 38.6 Å². The van der Waals surface area contributed by atoms with Gasteiger partial charge in [0.1, 0.15) is 0 Å². The summed E-state index contributed by atoms with van der Waals surface area (Å²) in [6.07, 6.45) is 0.754. The summed E-state index contributed by atoms with van der Waals surface area (Å²) in [4.78, 5) is 34.2. The third-order valence-electron chi connectivity index (χ3n) is 10.9. The SMILES string of the molecule is CN1CCN(C2CC3C(=O)N(C4CCCC(C5(CC6NNCN6C)COC5)C4)CC3C(C(F)(F)F)C2)C(=O)C1. The number of amides is 2. The van der Waals surface area contributed by atoms with E-state index < -0.39 is 30.0 Å². The highest BCUT2D eigenvalue weighted by Gasteiger charge is 2.59. The molecule has 7 atom stereocenters. The Labute approximate surface area is 228 Å². The zero-order valence-electron chi connectivity index (χ0n) is 23.1. The van der Waals surface area contributed by atoms with Crippen LogP contribution in [0.3, 0.4) is 0 Å². The Kier molecular flexibility index (Phi) is 7.40. The van der Waals surface area contributed by atoms with Crippen LogP contribution in [0.15, 0.2) is 0 Å². The lowest BCUT2D eigenvalue weighted by atomic mass is 9.64. The molecule has 7 unspecified atom stereocenters. The van der Waals surface area contributed by atoms with Crippen LogP contribution >= 0.6 is 0 Å². The van der Waals surface area contributed by atoms with Crippen molar-refractivity contribution in [2.75, 3.05) is 60.2 Å². The predicted molar refractivity (Wildman–Crippen MR) is 137 cm³/mol. The molecular formula is C27H43F3N6O3. The summed E-state index contributed by atoms with van der Waals surface area (Å²) in [7, 11) is 3.93. The van der Waals surface area contributed by atoms with Crippen molar-refractivity contribution in [3.05, 3.63) is 0 Å². The Hall–Kier alpha value is -1.47. The quantitative estimate of drug-likeness (QED) is 0.531. The van der Waals surface area contributed by atoms with E-state index in [2.05, 4.69) is 22.8 Å². The van der Waals surface area contributed by atoms with Gasteiger partial charge in [0.25, 0.3) is 0 Å². The first kappa shape index (κ1) is 27.7. The summed E-state index contributed by atoms with van der Waals surface area (Å²) in [6.45, 7) is 3.66. The highest BCUT2D eigenvalue weighted by Crippen LogP contribution is 2.52. The number of piperazine rings is 1. The maximum atomic E-state index is 14.4. The summed E-state index contributed by atoms with van der Waals surface area (Å²) >= 11 is 0. The normalized spacial score (nSPS) is 40.2. The maximum Gasteiger partial charge on any atom is 0.392 e. The summed E-state index contributed by atoms with van der Waals surface area (Å²) in [5.41, 5.74) is 6.58. The zero-order valence-corrected chi connectivity index (χ0v) is 23.1. The monoisotopic (exact) mass is 556 g/mol. The van der Waals surface area contributed by atoms with Crippen LogP contribution in [0, 0.1) is 29.1 Å². The number of alkyl halides is 3. The first-order valence-corrected chi connectivity index (χ1v) is 14.7. The molecule has 6 rings (SSSR count). The van der Waals surface area contributed by atoms with E-state index in [1.54, 1.807) is 4.90 Å². The van der Waals surface area contributed by atoms with Crippen LogP contribution in [0.5, 0.6) is 0 Å². The molecule has 0 aromatic rings. The topological polar surface area (TPSA) is 80.4 Å². The lowest BCUT2D eigenvalue weighted by Gasteiger charge is -2.52. The standard InChI is InChI=1S/C27H43F3N6O3/c1-33-6-7-35(24(37)13-33)19-9-20-21(22(10-19)27(28,29)30)12-36(25(20)38)18-5-3-4-17(8-18)26(14-39-15-26)11-23-32-31-16-34(23)2/h17-23,31-32H,3-16H2,1-2H3. The van der Waals surface area contributed by atoms with Crippen molar-refractivity contribution in [3.63, 3.8) is 0 Å². The molecule has 0 aromatic heterocycles. The van der Waals surface area contributed by atoms with Gasteiger partial charge in [-0.05, 0) is 64.5 Å². The number of rotatable bonds is 5. The molecule has 4 aliphatic heterocycles. The number of carbonyl (C=O) groups excluding carboxylic acids is 2. The molecular weight excluding hydrogens is 513 g/mol. The number of halogens is 3. The van der Waals surface area contributed by atoms with Gasteiger partial charge in [0, 0.05) is 43.1 Å². The van der Waals surface area contributed by atoms with Crippen LogP contribution in [0.25, 0.3) is 0 Å². The lowest BCUT2D eigenvalue weighted by Crippen LogP contribution is -2.56. The molecule has 4 saturated heterocycles. The van der Waals surface area contributed by atoms with Gasteiger partial charge in [-0.1, -0.05) is 6.42 Å². The van der Waals surface area contributed by atoms with Crippen molar-refractivity contribution in [1.82, 2.24) is 30.5 Å². The van der Waals surface area contributed by atoms with Crippen LogP contribution in [0.2, 0.25) is 0 Å². The summed E-state index contributed by atoms with van der Waals surface area (Å²) in [6, 6.07) is -0.550. The number of likely N-dealkylation sites (tertiary alicyclic amines) is 1. The Morgan fingerprint density at radius 1 is 1.03 bits per heavy atom. The Morgan fingerprint density at radius 2 is 1.82 bits per heavy atom. The van der Waals surface area contributed by atoms with Gasteiger partial charge in [0.05, 0.1) is 38.5 Å². The Bertz CT molecular complexity index is 948. The van der Waals surface area contributed by atoms with Crippen LogP contribution in [0.4, 0.5) is 13.2 Å². The van der Waals surface area contributed by atoms with Crippen LogP contribution < -0.4 is 10.9 Å². The average Bonchev–Trinajstić information content (AvgIpc) is 3.42. The van der Waals surface area contributed by atoms with Gasteiger partial charge in [-0.25, -0.2) is 10.9 Å². The number of hydrogen-bond donors (Lipinski definition) is 2. The van der Waals surface area contributed by atoms with Crippen molar-refractivity contribution in [2.24, 2.45) is 29.1 Å². The van der Waals surface area contributed by atoms with Crippen LogP contribution in [-0.4, -0.2) is 116 Å². The molecule has 39 heavy (non-hydrogen) atoms. The Balaban J connectivity index is 1.18. The maximum absolute atomic E-state index is 14.4. The van der Waals surface area contributed by atoms with E-state index in [4.69, 9.17) is 4.74 Å². The molecule has 6 fully saturated rings. The molecule has 2 aliphatic carbocycles. The number of fused-ring (bicyclic) bond motifs is 1. The van der Waals surface area contributed by atoms with E-state index >= 15 is 0 Å². The molecule has 0 bridgehead atoms. The molecule has 9 nitrogen and oxygen atoms in total. The minimum atomic E-state index is -4.38. The predicted octanol–water partition coefficient (Wildman–Crippen LogP) is 1.46. The smallest absolute Gasteiger partial charge is 0.380 e. The highest BCUT2D eigenvalue weighted by molar-refractivity contribution is 5.83. The number of likely N-dealkylation sites (N-methyl/N-ethyl adjacent to an activating group) is 1. The van der Waals surface area contributed by atoms with E-state index in [9.17, 15) is 22.8 Å². The fraction of sp³-hybridized carbons (Fsp3) is 0.926. The van der Waals surface area contributed by atoms with Gasteiger partial charge in [-0.3, -0.25) is 19.4 Å². The van der Waals surface area contributed by atoms with Crippen LogP contribution in [-0.2, 0) is 14.3 Å². The number of nitrogens with one attached hydrogen (secondary N) is 2. The van der Waals surface area contributed by atoms with Crippen molar-refractivity contribution in [2.45, 2.75) is 69.4 Å². The fourth-order valence-corrected chi connectivity index (χ4v) is 8.52. The van der Waals surface area contributed by atoms with E-state index in [0.717, 1.165) is 38.8 Å². The first-order valence-electron chi connectivity index (χ1n) is 14.7. The lowest BCUT2D eigenvalue weighted by molar-refractivity contribution is -0.206. The fourth-order valence-electron chi connectivity index (χ4n) is 8.52. The van der Waals surface area contributed by atoms with Crippen molar-refractivity contribution >= 4 is 11.8 Å². The molecule has 0 radical (unpaired) electrons. The second-order valence-electron chi connectivity index (χ2n) is 13.2. The first-order chi connectivity index (χ1) is 18.6. The van der Waals surface area contributed by atoms with Gasteiger partial charge in [-0.2, -0.15) is 13.2 Å². The molecule has 220 valence electrons. The number of hydrogen-bond acceptors (Lipinski definition) is 7.